The third-order valence-electron chi connectivity index (χ3n) is 5.44. The number of para-hydroxylation sites is 1. The monoisotopic (exact) mass is 421 g/mol. The minimum absolute atomic E-state index is 0.0536. The standard InChI is InChI=1S/C24H27N3O4/c1-30-21-15-18-11-14-26(17-19(18)16-22(21)31-2)23(28)9-10-24(29)27(13-6-12-25)20-7-4-3-5-8-20/h3-5,7-8,15-16H,6,9-11,13-14,17H2,1-2H3. The second-order valence-electron chi connectivity index (χ2n) is 7.33. The van der Waals surface area contributed by atoms with Gasteiger partial charge in [-0.15, -0.1) is 0 Å². The highest BCUT2D eigenvalue weighted by Crippen LogP contribution is 2.33. The number of nitriles is 1. The van der Waals surface area contributed by atoms with Crippen molar-refractivity contribution in [1.29, 1.82) is 5.26 Å². The third-order valence-corrected chi connectivity index (χ3v) is 5.44. The smallest absolute Gasteiger partial charge is 0.227 e. The average Bonchev–Trinajstić information content (AvgIpc) is 2.82. The molecular weight excluding hydrogens is 394 g/mol. The maximum absolute atomic E-state index is 12.8. The third kappa shape index (κ3) is 5.34. The van der Waals surface area contributed by atoms with E-state index in [0.29, 0.717) is 31.1 Å². The zero-order valence-corrected chi connectivity index (χ0v) is 18.0. The number of nitrogens with zero attached hydrogens (tertiary/aromatic N) is 3. The van der Waals surface area contributed by atoms with Crippen molar-refractivity contribution in [3.63, 3.8) is 0 Å². The largest absolute Gasteiger partial charge is 0.493 e. The van der Waals surface area contributed by atoms with Crippen molar-refractivity contribution in [2.75, 3.05) is 32.2 Å². The maximum Gasteiger partial charge on any atom is 0.227 e. The summed E-state index contributed by atoms with van der Waals surface area (Å²) in [4.78, 5) is 29.0. The van der Waals surface area contributed by atoms with Gasteiger partial charge in [0.25, 0.3) is 0 Å². The zero-order valence-electron chi connectivity index (χ0n) is 18.0. The van der Waals surface area contributed by atoms with E-state index in [-0.39, 0.29) is 31.1 Å². The number of carbonyl (C=O) groups excluding carboxylic acids is 2. The van der Waals surface area contributed by atoms with Crippen LogP contribution in [0.2, 0.25) is 0 Å². The maximum atomic E-state index is 12.8. The number of hydrogen-bond acceptors (Lipinski definition) is 5. The first-order valence-corrected chi connectivity index (χ1v) is 10.3. The van der Waals surface area contributed by atoms with E-state index in [0.717, 1.165) is 23.2 Å². The number of anilines is 1. The van der Waals surface area contributed by atoms with Crippen molar-refractivity contribution < 1.29 is 19.1 Å². The van der Waals surface area contributed by atoms with E-state index in [2.05, 4.69) is 6.07 Å². The van der Waals surface area contributed by atoms with Crippen molar-refractivity contribution in [3.8, 4) is 17.6 Å². The van der Waals surface area contributed by atoms with Gasteiger partial charge in [0.05, 0.1) is 26.7 Å². The van der Waals surface area contributed by atoms with Crippen LogP contribution in [0.25, 0.3) is 0 Å². The summed E-state index contributed by atoms with van der Waals surface area (Å²) >= 11 is 0. The van der Waals surface area contributed by atoms with Crippen LogP contribution in [0, 0.1) is 11.3 Å². The lowest BCUT2D eigenvalue weighted by Crippen LogP contribution is -2.37. The van der Waals surface area contributed by atoms with Gasteiger partial charge < -0.3 is 19.3 Å². The number of ether oxygens (including phenoxy) is 2. The van der Waals surface area contributed by atoms with Crippen molar-refractivity contribution in [3.05, 3.63) is 53.6 Å². The SMILES string of the molecule is COc1cc2c(cc1OC)CN(C(=O)CCC(=O)N(CCC#N)c1ccccc1)CC2. The minimum atomic E-state index is -0.154. The number of benzene rings is 2. The number of rotatable bonds is 8. The van der Waals surface area contributed by atoms with Crippen molar-refractivity contribution in [2.45, 2.75) is 32.2 Å². The van der Waals surface area contributed by atoms with Crippen LogP contribution in [0.4, 0.5) is 5.69 Å². The van der Waals surface area contributed by atoms with E-state index in [1.54, 1.807) is 24.0 Å². The number of hydrogen-bond donors (Lipinski definition) is 0. The number of amides is 2. The molecule has 3 rings (SSSR count). The molecule has 0 bridgehead atoms. The van der Waals surface area contributed by atoms with Gasteiger partial charge >= 0.3 is 0 Å². The van der Waals surface area contributed by atoms with Crippen LogP contribution in [0.5, 0.6) is 11.5 Å². The Bertz CT molecular complexity index is 969. The lowest BCUT2D eigenvalue weighted by Gasteiger charge is -2.30. The molecular formula is C24H27N3O4. The second-order valence-corrected chi connectivity index (χ2v) is 7.33. The molecule has 0 fully saturated rings. The molecule has 7 heteroatoms. The van der Waals surface area contributed by atoms with Crippen LogP contribution in [0.15, 0.2) is 42.5 Å². The molecule has 162 valence electrons. The Labute approximate surface area is 182 Å². The molecule has 1 aliphatic heterocycles. The normalized spacial score (nSPS) is 12.5. The first-order chi connectivity index (χ1) is 15.1. The quantitative estimate of drug-likeness (QED) is 0.653. The topological polar surface area (TPSA) is 82.9 Å². The number of fused-ring (bicyclic) bond motifs is 1. The highest BCUT2D eigenvalue weighted by molar-refractivity contribution is 5.95. The van der Waals surface area contributed by atoms with Crippen molar-refractivity contribution >= 4 is 17.5 Å². The number of carbonyl (C=O) groups is 2. The van der Waals surface area contributed by atoms with Crippen LogP contribution in [0.1, 0.15) is 30.4 Å². The molecule has 0 aliphatic carbocycles. The molecule has 1 heterocycles. The molecule has 0 unspecified atom stereocenters. The van der Waals surface area contributed by atoms with E-state index in [9.17, 15) is 9.59 Å². The highest BCUT2D eigenvalue weighted by atomic mass is 16.5. The molecule has 0 saturated carbocycles. The molecule has 1 aliphatic rings. The molecule has 2 aromatic carbocycles. The number of methoxy groups -OCH3 is 2. The van der Waals surface area contributed by atoms with E-state index in [1.165, 1.54) is 0 Å². The molecule has 0 saturated heterocycles. The van der Waals surface area contributed by atoms with Crippen LogP contribution in [0.3, 0.4) is 0 Å². The summed E-state index contributed by atoms with van der Waals surface area (Å²) in [5.74, 6) is 1.12. The second kappa shape index (κ2) is 10.5. The predicted molar refractivity (Wildman–Crippen MR) is 117 cm³/mol. The predicted octanol–water partition coefficient (Wildman–Crippen LogP) is 3.32. The summed E-state index contributed by atoms with van der Waals surface area (Å²) in [6, 6.07) is 15.2. The van der Waals surface area contributed by atoms with Crippen molar-refractivity contribution in [2.24, 2.45) is 0 Å². The van der Waals surface area contributed by atoms with Gasteiger partial charge in [-0.3, -0.25) is 9.59 Å². The molecule has 31 heavy (non-hydrogen) atoms. The first-order valence-electron chi connectivity index (χ1n) is 10.3. The Morgan fingerprint density at radius 2 is 1.74 bits per heavy atom. The first kappa shape index (κ1) is 22.2. The summed E-state index contributed by atoms with van der Waals surface area (Å²) < 4.78 is 10.7. The molecule has 0 spiro atoms. The molecule has 0 N–H and O–H groups in total. The zero-order chi connectivity index (χ0) is 22.2. The average molecular weight is 421 g/mol. The molecule has 2 aromatic rings. The van der Waals surface area contributed by atoms with E-state index in [4.69, 9.17) is 14.7 Å². The van der Waals surface area contributed by atoms with E-state index < -0.39 is 0 Å². The molecule has 0 aromatic heterocycles. The van der Waals surface area contributed by atoms with Gasteiger partial charge in [0.15, 0.2) is 11.5 Å². The van der Waals surface area contributed by atoms with E-state index >= 15 is 0 Å². The van der Waals surface area contributed by atoms with Gasteiger partial charge in [-0.25, -0.2) is 0 Å². The fraction of sp³-hybridized carbons (Fsp3) is 0.375. The summed E-state index contributed by atoms with van der Waals surface area (Å²) in [6.07, 6.45) is 1.21. The Morgan fingerprint density at radius 1 is 1.06 bits per heavy atom. The van der Waals surface area contributed by atoms with Gasteiger partial charge in [0, 0.05) is 38.2 Å². The Kier molecular flexibility index (Phi) is 7.50. The lowest BCUT2D eigenvalue weighted by atomic mass is 9.98. The minimum Gasteiger partial charge on any atom is -0.493 e. The highest BCUT2D eigenvalue weighted by Gasteiger charge is 2.24. The van der Waals surface area contributed by atoms with Gasteiger partial charge in [0.1, 0.15) is 0 Å². The molecule has 7 nitrogen and oxygen atoms in total. The summed E-state index contributed by atoms with van der Waals surface area (Å²) in [7, 11) is 3.20. The van der Waals surface area contributed by atoms with Gasteiger partial charge in [-0.05, 0) is 41.8 Å². The van der Waals surface area contributed by atoms with Crippen LogP contribution < -0.4 is 14.4 Å². The van der Waals surface area contributed by atoms with E-state index in [1.807, 2.05) is 42.5 Å². The van der Waals surface area contributed by atoms with Crippen LogP contribution in [-0.4, -0.2) is 44.0 Å². The summed E-state index contributed by atoms with van der Waals surface area (Å²) in [5.41, 5.74) is 2.91. The lowest BCUT2D eigenvalue weighted by molar-refractivity contribution is -0.134. The fourth-order valence-electron chi connectivity index (χ4n) is 3.77. The van der Waals surface area contributed by atoms with Gasteiger partial charge in [-0.2, -0.15) is 5.26 Å². The molecule has 2 amide bonds. The van der Waals surface area contributed by atoms with Crippen molar-refractivity contribution in [1.82, 2.24) is 4.90 Å². The molecule has 0 radical (unpaired) electrons. The Balaban J connectivity index is 1.63. The van der Waals surface area contributed by atoms with Crippen LogP contribution >= 0.6 is 0 Å². The Morgan fingerprint density at radius 3 is 2.39 bits per heavy atom. The Hall–Kier alpha value is -3.53. The van der Waals surface area contributed by atoms with Gasteiger partial charge in [-0.1, -0.05) is 18.2 Å². The summed E-state index contributed by atoms with van der Waals surface area (Å²) in [5, 5.41) is 8.92. The van der Waals surface area contributed by atoms with Gasteiger partial charge in [0.2, 0.25) is 11.8 Å². The molecule has 0 atom stereocenters. The summed E-state index contributed by atoms with van der Waals surface area (Å²) in [6.45, 7) is 1.40. The fourth-order valence-corrected chi connectivity index (χ4v) is 3.77. The van der Waals surface area contributed by atoms with Crippen LogP contribution in [-0.2, 0) is 22.6 Å².